The second kappa shape index (κ2) is 8.35. The quantitative estimate of drug-likeness (QED) is 0.664. The molecular formula is C14H22ClF3N4O3. The number of hydrogen-bond donors (Lipinski definition) is 3. The predicted molar refractivity (Wildman–Crippen MR) is 85.0 cm³/mol. The Bertz CT molecular complexity index is 584. The van der Waals surface area contributed by atoms with E-state index in [0.717, 1.165) is 4.57 Å². The second-order valence-electron chi connectivity index (χ2n) is 5.82. The molecule has 3 atom stereocenters. The van der Waals surface area contributed by atoms with E-state index in [1.807, 2.05) is 0 Å². The number of aliphatic hydroxyl groups is 1. The van der Waals surface area contributed by atoms with Crippen LogP contribution in [0.3, 0.4) is 0 Å². The first-order chi connectivity index (χ1) is 11.2. The minimum atomic E-state index is -4.93. The first-order valence-electron chi connectivity index (χ1n) is 7.59. The number of aryl methyl sites for hydroxylation is 1. The first kappa shape index (κ1) is 21.7. The SMILES string of the molecule is Cl.Cn1ccnc1C(O)(CCNC(=O)[C@@H]1CC[C@H](CN)O1)C(F)(F)F. The molecule has 1 amide bonds. The fraction of sp³-hybridized carbons (Fsp3) is 0.714. The molecule has 0 aromatic carbocycles. The Hall–Kier alpha value is -1.36. The fourth-order valence-electron chi connectivity index (χ4n) is 2.70. The number of hydrogen-bond acceptors (Lipinski definition) is 5. The molecule has 1 fully saturated rings. The Morgan fingerprint density at radius 3 is 2.68 bits per heavy atom. The van der Waals surface area contributed by atoms with E-state index in [1.165, 1.54) is 19.4 Å². The van der Waals surface area contributed by atoms with Crippen molar-refractivity contribution < 1.29 is 27.8 Å². The Labute approximate surface area is 149 Å². The lowest BCUT2D eigenvalue weighted by Gasteiger charge is -2.30. The topological polar surface area (TPSA) is 102 Å². The number of rotatable bonds is 6. The minimum Gasteiger partial charge on any atom is -0.374 e. The molecule has 0 saturated carbocycles. The number of aromatic nitrogens is 2. The summed E-state index contributed by atoms with van der Waals surface area (Å²) in [6, 6.07) is 0. The molecule has 4 N–H and O–H groups in total. The Kier molecular flexibility index (Phi) is 7.24. The van der Waals surface area contributed by atoms with E-state index in [4.69, 9.17) is 10.5 Å². The van der Waals surface area contributed by atoms with Gasteiger partial charge in [0.15, 0.2) is 0 Å². The lowest BCUT2D eigenvalue weighted by atomic mass is 9.97. The van der Waals surface area contributed by atoms with Crippen LogP contribution in [0.2, 0.25) is 0 Å². The maximum atomic E-state index is 13.3. The molecule has 1 aromatic heterocycles. The minimum absolute atomic E-state index is 0. The summed E-state index contributed by atoms with van der Waals surface area (Å²) in [4.78, 5) is 15.5. The Morgan fingerprint density at radius 1 is 1.52 bits per heavy atom. The number of imidazole rings is 1. The van der Waals surface area contributed by atoms with Crippen molar-refractivity contribution in [3.8, 4) is 0 Å². The standard InChI is InChI=1S/C14H21F3N4O3.ClH/c1-21-7-6-20-12(21)13(23,14(15,16)17)4-5-19-11(22)10-3-2-9(8-18)24-10;/h6-7,9-10,23H,2-5,8,18H2,1H3,(H,19,22);1H/t9-,10+,13?;/m1./s1. The average Bonchev–Trinajstić information content (AvgIpc) is 3.14. The lowest BCUT2D eigenvalue weighted by molar-refractivity contribution is -0.272. The molecule has 0 aliphatic carbocycles. The number of carbonyl (C=O) groups is 1. The van der Waals surface area contributed by atoms with Crippen molar-refractivity contribution >= 4 is 18.3 Å². The van der Waals surface area contributed by atoms with E-state index in [9.17, 15) is 23.1 Å². The van der Waals surface area contributed by atoms with Gasteiger partial charge in [0.25, 0.3) is 0 Å². The molecule has 1 saturated heterocycles. The van der Waals surface area contributed by atoms with Crippen molar-refractivity contribution in [2.75, 3.05) is 13.1 Å². The number of nitrogens with two attached hydrogens (primary N) is 1. The molecule has 7 nitrogen and oxygen atoms in total. The highest BCUT2D eigenvalue weighted by molar-refractivity contribution is 5.85. The van der Waals surface area contributed by atoms with E-state index in [0.29, 0.717) is 12.8 Å². The van der Waals surface area contributed by atoms with Gasteiger partial charge in [-0.3, -0.25) is 4.79 Å². The number of halogens is 4. The molecule has 0 radical (unpaired) electrons. The van der Waals surface area contributed by atoms with E-state index < -0.39 is 36.0 Å². The Balaban J connectivity index is 0.00000312. The van der Waals surface area contributed by atoms with Gasteiger partial charge >= 0.3 is 6.18 Å². The molecule has 0 bridgehead atoms. The van der Waals surface area contributed by atoms with Crippen LogP contribution in [0, 0.1) is 0 Å². The zero-order valence-corrected chi connectivity index (χ0v) is 14.4. The van der Waals surface area contributed by atoms with Crippen LogP contribution in [0.1, 0.15) is 25.1 Å². The van der Waals surface area contributed by atoms with Gasteiger partial charge in [0.1, 0.15) is 11.9 Å². The fourth-order valence-corrected chi connectivity index (χ4v) is 2.70. The zero-order chi connectivity index (χ0) is 18.0. The van der Waals surface area contributed by atoms with Crippen LogP contribution in [0.25, 0.3) is 0 Å². The van der Waals surface area contributed by atoms with E-state index in [2.05, 4.69) is 10.3 Å². The zero-order valence-electron chi connectivity index (χ0n) is 13.6. The van der Waals surface area contributed by atoms with Gasteiger partial charge in [-0.15, -0.1) is 12.4 Å². The molecule has 2 rings (SSSR count). The predicted octanol–water partition coefficient (Wildman–Crippen LogP) is 0.604. The van der Waals surface area contributed by atoms with Gasteiger partial charge in [-0.25, -0.2) is 4.98 Å². The normalized spacial score (nSPS) is 23.0. The largest absolute Gasteiger partial charge is 0.424 e. The number of amides is 1. The van der Waals surface area contributed by atoms with Crippen LogP contribution in [0.4, 0.5) is 13.2 Å². The third-order valence-electron chi connectivity index (χ3n) is 4.11. The smallest absolute Gasteiger partial charge is 0.374 e. The van der Waals surface area contributed by atoms with Crippen LogP contribution >= 0.6 is 12.4 Å². The molecule has 144 valence electrons. The van der Waals surface area contributed by atoms with E-state index in [-0.39, 0.29) is 31.6 Å². The summed E-state index contributed by atoms with van der Waals surface area (Å²) in [6.07, 6.45) is -3.02. The van der Waals surface area contributed by atoms with Crippen molar-refractivity contribution in [1.82, 2.24) is 14.9 Å². The van der Waals surface area contributed by atoms with Crippen molar-refractivity contribution in [2.24, 2.45) is 12.8 Å². The molecule has 2 heterocycles. The summed E-state index contributed by atoms with van der Waals surface area (Å²) in [6.45, 7) is -0.0778. The number of alkyl halides is 3. The number of nitrogens with one attached hydrogen (secondary N) is 1. The van der Waals surface area contributed by atoms with Crippen LogP contribution < -0.4 is 11.1 Å². The molecule has 1 aliphatic rings. The van der Waals surface area contributed by atoms with Crippen molar-refractivity contribution in [1.29, 1.82) is 0 Å². The maximum absolute atomic E-state index is 13.3. The van der Waals surface area contributed by atoms with E-state index >= 15 is 0 Å². The number of nitrogens with zero attached hydrogens (tertiary/aromatic N) is 2. The lowest BCUT2D eigenvalue weighted by Crippen LogP contribution is -2.47. The van der Waals surface area contributed by atoms with Gasteiger partial charge in [-0.2, -0.15) is 13.2 Å². The van der Waals surface area contributed by atoms with Crippen LogP contribution in [0.15, 0.2) is 12.4 Å². The van der Waals surface area contributed by atoms with Gasteiger partial charge in [-0.05, 0) is 12.8 Å². The van der Waals surface area contributed by atoms with Crippen molar-refractivity contribution in [2.45, 2.75) is 43.2 Å². The third kappa shape index (κ3) is 4.63. The summed E-state index contributed by atoms with van der Waals surface area (Å²) in [5.74, 6) is -1.03. The summed E-state index contributed by atoms with van der Waals surface area (Å²) in [7, 11) is 1.36. The van der Waals surface area contributed by atoms with Crippen LogP contribution in [0.5, 0.6) is 0 Å². The van der Waals surface area contributed by atoms with Gasteiger partial charge < -0.3 is 25.5 Å². The maximum Gasteiger partial charge on any atom is 0.424 e. The average molecular weight is 387 g/mol. The summed E-state index contributed by atoms with van der Waals surface area (Å²) in [5.41, 5.74) is 2.30. The molecular weight excluding hydrogens is 365 g/mol. The van der Waals surface area contributed by atoms with E-state index in [1.54, 1.807) is 0 Å². The second-order valence-corrected chi connectivity index (χ2v) is 5.82. The molecule has 1 aliphatic heterocycles. The van der Waals surface area contributed by atoms with Crippen LogP contribution in [-0.4, -0.2) is 52.0 Å². The molecule has 25 heavy (non-hydrogen) atoms. The summed E-state index contributed by atoms with van der Waals surface area (Å²) < 4.78 is 46.4. The molecule has 1 aromatic rings. The van der Waals surface area contributed by atoms with Gasteiger partial charge in [0, 0.05) is 39.0 Å². The van der Waals surface area contributed by atoms with Gasteiger partial charge in [0.05, 0.1) is 6.10 Å². The first-order valence-corrected chi connectivity index (χ1v) is 7.59. The molecule has 0 spiro atoms. The van der Waals surface area contributed by atoms with Crippen molar-refractivity contribution in [3.63, 3.8) is 0 Å². The summed E-state index contributed by atoms with van der Waals surface area (Å²) in [5, 5.41) is 12.5. The Morgan fingerprint density at radius 2 is 2.20 bits per heavy atom. The summed E-state index contributed by atoms with van der Waals surface area (Å²) >= 11 is 0. The molecule has 1 unspecified atom stereocenters. The highest BCUT2D eigenvalue weighted by atomic mass is 35.5. The molecule has 11 heteroatoms. The van der Waals surface area contributed by atoms with Gasteiger partial charge in [0.2, 0.25) is 11.5 Å². The third-order valence-corrected chi connectivity index (χ3v) is 4.11. The van der Waals surface area contributed by atoms with Crippen molar-refractivity contribution in [3.05, 3.63) is 18.2 Å². The highest BCUT2D eigenvalue weighted by Gasteiger charge is 2.57. The van der Waals surface area contributed by atoms with Crippen LogP contribution in [-0.2, 0) is 22.2 Å². The monoisotopic (exact) mass is 386 g/mol. The van der Waals surface area contributed by atoms with Gasteiger partial charge in [-0.1, -0.05) is 0 Å². The number of ether oxygens (including phenoxy) is 1. The highest BCUT2D eigenvalue weighted by Crippen LogP contribution is 2.40. The number of carbonyl (C=O) groups excluding carboxylic acids is 1.